The highest BCUT2D eigenvalue weighted by Crippen LogP contribution is 2.30. The summed E-state index contributed by atoms with van der Waals surface area (Å²) in [6.45, 7) is -0.557. The van der Waals surface area contributed by atoms with Crippen LogP contribution in [0.5, 0.6) is 0 Å². The summed E-state index contributed by atoms with van der Waals surface area (Å²) in [7, 11) is 0. The molecule has 0 unspecified atom stereocenters. The first-order valence-corrected chi connectivity index (χ1v) is 8.32. The second-order valence-corrected chi connectivity index (χ2v) is 6.29. The third-order valence-electron chi connectivity index (χ3n) is 3.21. The van der Waals surface area contributed by atoms with E-state index in [2.05, 4.69) is 5.32 Å². The predicted octanol–water partition coefficient (Wildman–Crippen LogP) is 3.71. The second kappa shape index (κ2) is 8.94. The molecule has 0 aliphatic carbocycles. The van der Waals surface area contributed by atoms with Crippen molar-refractivity contribution in [2.24, 2.45) is 0 Å². The van der Waals surface area contributed by atoms with Gasteiger partial charge in [-0.05, 0) is 36.4 Å². The molecule has 0 aliphatic rings. The molecule has 11 heteroatoms. The average molecular weight is 434 g/mol. The number of hydrogen-bond donors (Lipinski definition) is 3. The number of halogens is 5. The van der Waals surface area contributed by atoms with E-state index in [-0.39, 0.29) is 21.4 Å². The zero-order valence-electron chi connectivity index (χ0n) is 13.9. The molecule has 2 aromatic rings. The van der Waals surface area contributed by atoms with Gasteiger partial charge in [-0.25, -0.2) is 0 Å². The Bertz CT molecular complexity index is 900. The van der Waals surface area contributed by atoms with Crippen LogP contribution in [0.15, 0.2) is 42.5 Å². The minimum Gasteiger partial charge on any atom is -0.339 e. The molecule has 3 N–H and O–H groups in total. The summed E-state index contributed by atoms with van der Waals surface area (Å²) < 4.78 is 37.9. The van der Waals surface area contributed by atoms with E-state index in [0.717, 1.165) is 12.1 Å². The molecule has 0 bridgehead atoms. The average Bonchev–Trinajstić information content (AvgIpc) is 2.58. The van der Waals surface area contributed by atoms with Crippen molar-refractivity contribution < 1.29 is 27.6 Å². The Kier molecular flexibility index (Phi) is 6.87. The molecule has 0 saturated carbocycles. The van der Waals surface area contributed by atoms with E-state index in [4.69, 9.17) is 23.2 Å². The number of carbonyl (C=O) groups excluding carboxylic acids is 3. The van der Waals surface area contributed by atoms with E-state index in [9.17, 15) is 27.6 Å². The summed E-state index contributed by atoms with van der Waals surface area (Å²) >= 11 is 11.6. The zero-order chi connectivity index (χ0) is 20.9. The van der Waals surface area contributed by atoms with Crippen LogP contribution in [0.25, 0.3) is 0 Å². The third kappa shape index (κ3) is 6.43. The SMILES string of the molecule is O=C(CNC(=O)C(=O)Nc1cccc(C(F)(F)F)c1)Nc1cc(Cl)cc(Cl)c1. The molecule has 0 saturated heterocycles. The smallest absolute Gasteiger partial charge is 0.339 e. The first kappa shape index (κ1) is 21.5. The van der Waals surface area contributed by atoms with Gasteiger partial charge in [0.25, 0.3) is 0 Å². The monoisotopic (exact) mass is 433 g/mol. The van der Waals surface area contributed by atoms with Gasteiger partial charge >= 0.3 is 18.0 Å². The molecule has 0 radical (unpaired) electrons. The van der Waals surface area contributed by atoms with Crippen LogP contribution in [0.1, 0.15) is 5.56 Å². The highest BCUT2D eigenvalue weighted by molar-refractivity contribution is 6.40. The Labute approximate surface area is 167 Å². The van der Waals surface area contributed by atoms with E-state index < -0.39 is 36.0 Å². The second-order valence-electron chi connectivity index (χ2n) is 5.42. The summed E-state index contributed by atoms with van der Waals surface area (Å²) in [6, 6.07) is 8.08. The number of anilines is 2. The largest absolute Gasteiger partial charge is 0.416 e. The van der Waals surface area contributed by atoms with Crippen LogP contribution in [0.2, 0.25) is 10.0 Å². The Morgan fingerprint density at radius 2 is 1.50 bits per heavy atom. The molecule has 148 valence electrons. The maximum atomic E-state index is 12.6. The lowest BCUT2D eigenvalue weighted by Crippen LogP contribution is -2.39. The number of nitrogens with one attached hydrogen (secondary N) is 3. The van der Waals surface area contributed by atoms with E-state index >= 15 is 0 Å². The highest BCUT2D eigenvalue weighted by Gasteiger charge is 2.30. The van der Waals surface area contributed by atoms with Crippen LogP contribution < -0.4 is 16.0 Å². The summed E-state index contributed by atoms with van der Waals surface area (Å²) in [5, 5.41) is 7.05. The quantitative estimate of drug-likeness (QED) is 0.642. The Morgan fingerprint density at radius 3 is 2.11 bits per heavy atom. The summed E-state index contributed by atoms with van der Waals surface area (Å²) in [5.41, 5.74) is -0.913. The van der Waals surface area contributed by atoms with Gasteiger partial charge in [0, 0.05) is 21.4 Å². The van der Waals surface area contributed by atoms with Crippen LogP contribution in [0.3, 0.4) is 0 Å². The normalized spacial score (nSPS) is 10.9. The molecule has 6 nitrogen and oxygen atoms in total. The number of rotatable bonds is 4. The van der Waals surface area contributed by atoms with Gasteiger partial charge in [0.05, 0.1) is 12.1 Å². The maximum Gasteiger partial charge on any atom is 0.416 e. The van der Waals surface area contributed by atoms with Gasteiger partial charge in [0.15, 0.2) is 0 Å². The fraction of sp³-hybridized carbons (Fsp3) is 0.118. The fourth-order valence-corrected chi connectivity index (χ4v) is 2.56. The van der Waals surface area contributed by atoms with Crippen molar-refractivity contribution in [2.45, 2.75) is 6.18 Å². The van der Waals surface area contributed by atoms with Crippen molar-refractivity contribution in [1.29, 1.82) is 0 Å². The number of benzene rings is 2. The zero-order valence-corrected chi connectivity index (χ0v) is 15.4. The maximum absolute atomic E-state index is 12.6. The van der Waals surface area contributed by atoms with Crippen molar-refractivity contribution in [3.05, 3.63) is 58.1 Å². The van der Waals surface area contributed by atoms with Crippen molar-refractivity contribution in [3.8, 4) is 0 Å². The van der Waals surface area contributed by atoms with Gasteiger partial charge in [-0.3, -0.25) is 14.4 Å². The molecule has 0 heterocycles. The van der Waals surface area contributed by atoms with E-state index in [0.29, 0.717) is 6.07 Å². The van der Waals surface area contributed by atoms with E-state index in [1.54, 1.807) is 0 Å². The molecule has 3 amide bonds. The van der Waals surface area contributed by atoms with Gasteiger partial charge in [-0.1, -0.05) is 29.3 Å². The Hall–Kier alpha value is -2.78. The van der Waals surface area contributed by atoms with Crippen LogP contribution in [0.4, 0.5) is 24.5 Å². The van der Waals surface area contributed by atoms with Crippen LogP contribution in [-0.4, -0.2) is 24.3 Å². The minimum atomic E-state index is -4.59. The van der Waals surface area contributed by atoms with E-state index in [1.165, 1.54) is 24.3 Å². The summed E-state index contributed by atoms with van der Waals surface area (Å²) in [6.07, 6.45) is -4.59. The van der Waals surface area contributed by atoms with E-state index in [1.807, 2.05) is 10.6 Å². The van der Waals surface area contributed by atoms with Gasteiger partial charge in [0.2, 0.25) is 5.91 Å². The van der Waals surface area contributed by atoms with Crippen LogP contribution >= 0.6 is 23.2 Å². The fourth-order valence-electron chi connectivity index (χ4n) is 2.03. The summed E-state index contributed by atoms with van der Waals surface area (Å²) in [4.78, 5) is 35.3. The molecular formula is C17H12Cl2F3N3O3. The Balaban J connectivity index is 1.88. The lowest BCUT2D eigenvalue weighted by atomic mass is 10.2. The van der Waals surface area contributed by atoms with Gasteiger partial charge in [0.1, 0.15) is 0 Å². The van der Waals surface area contributed by atoms with Gasteiger partial charge in [-0.2, -0.15) is 13.2 Å². The van der Waals surface area contributed by atoms with Crippen LogP contribution in [-0.2, 0) is 20.6 Å². The van der Waals surface area contributed by atoms with Crippen LogP contribution in [0, 0.1) is 0 Å². The van der Waals surface area contributed by atoms with Gasteiger partial charge in [-0.15, -0.1) is 0 Å². The molecule has 2 rings (SSSR count). The molecule has 0 spiro atoms. The number of alkyl halides is 3. The minimum absolute atomic E-state index is 0.215. The third-order valence-corrected chi connectivity index (χ3v) is 3.65. The lowest BCUT2D eigenvalue weighted by Gasteiger charge is -2.10. The predicted molar refractivity (Wildman–Crippen MR) is 98.2 cm³/mol. The molecule has 0 aromatic heterocycles. The molecule has 0 fully saturated rings. The molecule has 0 aliphatic heterocycles. The van der Waals surface area contributed by atoms with Crippen molar-refractivity contribution in [1.82, 2.24) is 5.32 Å². The number of hydrogen-bond acceptors (Lipinski definition) is 3. The number of carbonyl (C=O) groups is 3. The van der Waals surface area contributed by atoms with Crippen molar-refractivity contribution in [3.63, 3.8) is 0 Å². The lowest BCUT2D eigenvalue weighted by molar-refractivity contribution is -0.137. The highest BCUT2D eigenvalue weighted by atomic mass is 35.5. The standard InChI is InChI=1S/C17H12Cl2F3N3O3/c18-10-5-11(19)7-13(6-10)24-14(26)8-23-15(27)16(28)25-12-3-1-2-9(4-12)17(20,21)22/h1-7H,8H2,(H,23,27)(H,24,26)(H,25,28). The van der Waals surface area contributed by atoms with Crippen molar-refractivity contribution >= 4 is 52.3 Å². The first-order valence-electron chi connectivity index (χ1n) is 7.57. The van der Waals surface area contributed by atoms with Gasteiger partial charge < -0.3 is 16.0 Å². The molecular weight excluding hydrogens is 422 g/mol. The number of amides is 3. The first-order chi connectivity index (χ1) is 13.0. The molecule has 0 atom stereocenters. The topological polar surface area (TPSA) is 87.3 Å². The summed E-state index contributed by atoms with van der Waals surface area (Å²) in [5.74, 6) is -3.09. The molecule has 2 aromatic carbocycles. The Morgan fingerprint density at radius 1 is 0.857 bits per heavy atom. The molecule has 28 heavy (non-hydrogen) atoms. The van der Waals surface area contributed by atoms with Crippen molar-refractivity contribution in [2.75, 3.05) is 17.2 Å².